The molecule has 0 aromatic rings. The number of likely N-dealkylation sites (tertiary alicyclic amines) is 2. The highest BCUT2D eigenvalue weighted by atomic mass is 16.2. The Morgan fingerprint density at radius 1 is 1.33 bits per heavy atom. The van der Waals surface area contributed by atoms with Crippen LogP contribution in [0.2, 0.25) is 0 Å². The van der Waals surface area contributed by atoms with Gasteiger partial charge in [0.15, 0.2) is 0 Å². The van der Waals surface area contributed by atoms with Gasteiger partial charge < -0.3 is 10.2 Å². The van der Waals surface area contributed by atoms with Crippen LogP contribution in [0.5, 0.6) is 0 Å². The topological polar surface area (TPSA) is 35.6 Å². The third-order valence-electron chi connectivity index (χ3n) is 4.25. The molecule has 2 rings (SSSR count). The minimum atomic E-state index is 0.179. The first-order valence-corrected chi connectivity index (χ1v) is 7.43. The lowest BCUT2D eigenvalue weighted by Crippen LogP contribution is -2.45. The Morgan fingerprint density at radius 2 is 2.17 bits per heavy atom. The molecule has 2 saturated heterocycles. The first kappa shape index (κ1) is 13.8. The summed E-state index contributed by atoms with van der Waals surface area (Å²) in [6, 6.07) is 0.179. The third-order valence-corrected chi connectivity index (χ3v) is 4.25. The predicted octanol–water partition coefficient (Wildman–Crippen LogP) is 0.929. The second-order valence-electron chi connectivity index (χ2n) is 5.69. The number of rotatable bonds is 5. The summed E-state index contributed by atoms with van der Waals surface area (Å²) in [4.78, 5) is 17.0. The van der Waals surface area contributed by atoms with Crippen molar-refractivity contribution in [3.8, 4) is 0 Å². The molecular weight excluding hydrogens is 226 g/mol. The fourth-order valence-corrected chi connectivity index (χ4v) is 3.36. The highest BCUT2D eigenvalue weighted by molar-refractivity contribution is 5.82. The number of carbonyl (C=O) groups is 1. The molecule has 1 amide bonds. The zero-order valence-corrected chi connectivity index (χ0v) is 11.8. The molecule has 1 N–H and O–H groups in total. The molecule has 2 aliphatic rings. The van der Waals surface area contributed by atoms with Gasteiger partial charge in [0.05, 0.1) is 6.04 Å². The number of nitrogens with one attached hydrogen (secondary N) is 1. The summed E-state index contributed by atoms with van der Waals surface area (Å²) in [7, 11) is 1.99. The molecule has 0 spiro atoms. The molecular formula is C14H27N3O. The maximum absolute atomic E-state index is 12.5. The largest absolute Gasteiger partial charge is 0.341 e. The Bertz CT molecular complexity index is 282. The predicted molar refractivity (Wildman–Crippen MR) is 73.5 cm³/mol. The molecule has 2 fully saturated rings. The van der Waals surface area contributed by atoms with Gasteiger partial charge in [-0.05, 0) is 58.3 Å². The van der Waals surface area contributed by atoms with Crippen molar-refractivity contribution < 1.29 is 4.79 Å². The van der Waals surface area contributed by atoms with E-state index in [9.17, 15) is 4.79 Å². The number of hydrogen-bond donors (Lipinski definition) is 1. The standard InChI is InChI=1S/C14H27N3O/c1-3-7-16-8-4-5-13(16)14(18)17-9-6-12(11-17)10-15-2/h12-13,15H,3-11H2,1-2H3/t12-,13-/m1/s1. The molecule has 2 atom stereocenters. The summed E-state index contributed by atoms with van der Waals surface area (Å²) in [5.74, 6) is 1.04. The van der Waals surface area contributed by atoms with E-state index in [-0.39, 0.29) is 6.04 Å². The lowest BCUT2D eigenvalue weighted by atomic mass is 10.1. The van der Waals surface area contributed by atoms with Crippen LogP contribution in [-0.4, -0.2) is 61.5 Å². The van der Waals surface area contributed by atoms with Gasteiger partial charge in [-0.25, -0.2) is 0 Å². The SMILES string of the molecule is CCCN1CCC[C@@H]1C(=O)N1CC[C@H](CNC)C1. The quantitative estimate of drug-likeness (QED) is 0.792. The summed E-state index contributed by atoms with van der Waals surface area (Å²) < 4.78 is 0. The third kappa shape index (κ3) is 3.04. The molecule has 0 aliphatic carbocycles. The second-order valence-corrected chi connectivity index (χ2v) is 5.69. The molecule has 0 unspecified atom stereocenters. The summed E-state index contributed by atoms with van der Waals surface area (Å²) in [6.07, 6.45) is 4.55. The molecule has 0 radical (unpaired) electrons. The van der Waals surface area contributed by atoms with Crippen LogP contribution in [0.15, 0.2) is 0 Å². The van der Waals surface area contributed by atoms with E-state index in [4.69, 9.17) is 0 Å². The van der Waals surface area contributed by atoms with Gasteiger partial charge in [-0.15, -0.1) is 0 Å². The molecule has 104 valence electrons. The van der Waals surface area contributed by atoms with Crippen molar-refractivity contribution >= 4 is 5.91 Å². The van der Waals surface area contributed by atoms with Gasteiger partial charge in [-0.3, -0.25) is 9.69 Å². The average Bonchev–Trinajstić information content (AvgIpc) is 2.98. The van der Waals surface area contributed by atoms with E-state index in [2.05, 4.69) is 22.0 Å². The van der Waals surface area contributed by atoms with Crippen LogP contribution in [-0.2, 0) is 4.79 Å². The van der Waals surface area contributed by atoms with E-state index in [0.717, 1.165) is 52.0 Å². The van der Waals surface area contributed by atoms with E-state index in [0.29, 0.717) is 11.8 Å². The van der Waals surface area contributed by atoms with Gasteiger partial charge in [0.25, 0.3) is 0 Å². The van der Waals surface area contributed by atoms with Gasteiger partial charge in [0.2, 0.25) is 5.91 Å². The smallest absolute Gasteiger partial charge is 0.239 e. The molecule has 0 bridgehead atoms. The number of amides is 1. The van der Waals surface area contributed by atoms with Crippen LogP contribution in [0.4, 0.5) is 0 Å². The highest BCUT2D eigenvalue weighted by Crippen LogP contribution is 2.23. The van der Waals surface area contributed by atoms with Crippen LogP contribution in [0.1, 0.15) is 32.6 Å². The maximum atomic E-state index is 12.5. The van der Waals surface area contributed by atoms with Gasteiger partial charge in [0.1, 0.15) is 0 Å². The maximum Gasteiger partial charge on any atom is 0.239 e. The Balaban J connectivity index is 1.87. The van der Waals surface area contributed by atoms with Crippen LogP contribution >= 0.6 is 0 Å². The molecule has 2 heterocycles. The lowest BCUT2D eigenvalue weighted by Gasteiger charge is -2.27. The first-order chi connectivity index (χ1) is 8.76. The normalized spacial score (nSPS) is 29.1. The Kier molecular flexibility index (Phi) is 5.01. The van der Waals surface area contributed by atoms with Crippen molar-refractivity contribution in [3.05, 3.63) is 0 Å². The van der Waals surface area contributed by atoms with Crippen molar-refractivity contribution in [2.75, 3.05) is 39.8 Å². The van der Waals surface area contributed by atoms with E-state index >= 15 is 0 Å². The lowest BCUT2D eigenvalue weighted by molar-refractivity contribution is -0.135. The molecule has 18 heavy (non-hydrogen) atoms. The average molecular weight is 253 g/mol. The molecule has 0 aromatic carbocycles. The molecule has 4 nitrogen and oxygen atoms in total. The van der Waals surface area contributed by atoms with Gasteiger partial charge >= 0.3 is 0 Å². The Labute approximate surface area is 111 Å². The van der Waals surface area contributed by atoms with Crippen LogP contribution < -0.4 is 5.32 Å². The van der Waals surface area contributed by atoms with Crippen molar-refractivity contribution in [3.63, 3.8) is 0 Å². The van der Waals surface area contributed by atoms with Crippen molar-refractivity contribution in [2.45, 2.75) is 38.6 Å². The summed E-state index contributed by atoms with van der Waals surface area (Å²) >= 11 is 0. The zero-order valence-electron chi connectivity index (χ0n) is 11.8. The number of hydrogen-bond acceptors (Lipinski definition) is 3. The summed E-state index contributed by atoms with van der Waals surface area (Å²) in [6.45, 7) is 7.33. The second kappa shape index (κ2) is 6.53. The first-order valence-electron chi connectivity index (χ1n) is 7.43. The van der Waals surface area contributed by atoms with Crippen LogP contribution in [0.3, 0.4) is 0 Å². The van der Waals surface area contributed by atoms with Crippen molar-refractivity contribution in [1.29, 1.82) is 0 Å². The Hall–Kier alpha value is -0.610. The molecule has 2 aliphatic heterocycles. The van der Waals surface area contributed by atoms with Gasteiger partial charge in [-0.1, -0.05) is 6.92 Å². The van der Waals surface area contributed by atoms with Gasteiger partial charge in [0, 0.05) is 13.1 Å². The minimum absolute atomic E-state index is 0.179. The van der Waals surface area contributed by atoms with E-state index in [1.165, 1.54) is 6.42 Å². The number of carbonyl (C=O) groups excluding carboxylic acids is 1. The summed E-state index contributed by atoms with van der Waals surface area (Å²) in [5, 5.41) is 3.22. The zero-order chi connectivity index (χ0) is 13.0. The van der Waals surface area contributed by atoms with Crippen LogP contribution in [0.25, 0.3) is 0 Å². The van der Waals surface area contributed by atoms with Crippen molar-refractivity contribution in [2.24, 2.45) is 5.92 Å². The molecule has 4 heteroatoms. The summed E-state index contributed by atoms with van der Waals surface area (Å²) in [5.41, 5.74) is 0. The van der Waals surface area contributed by atoms with E-state index in [1.54, 1.807) is 0 Å². The van der Waals surface area contributed by atoms with E-state index < -0.39 is 0 Å². The minimum Gasteiger partial charge on any atom is -0.341 e. The fraction of sp³-hybridized carbons (Fsp3) is 0.929. The monoisotopic (exact) mass is 253 g/mol. The highest BCUT2D eigenvalue weighted by Gasteiger charge is 2.35. The van der Waals surface area contributed by atoms with Crippen LogP contribution in [0, 0.1) is 5.92 Å². The molecule has 0 saturated carbocycles. The van der Waals surface area contributed by atoms with E-state index in [1.807, 2.05) is 7.05 Å². The number of nitrogens with zero attached hydrogens (tertiary/aromatic N) is 2. The molecule has 0 aromatic heterocycles. The fourth-order valence-electron chi connectivity index (χ4n) is 3.36. The van der Waals surface area contributed by atoms with Crippen molar-refractivity contribution in [1.82, 2.24) is 15.1 Å². The van der Waals surface area contributed by atoms with Gasteiger partial charge in [-0.2, -0.15) is 0 Å². The Morgan fingerprint density at radius 3 is 2.89 bits per heavy atom.